The van der Waals surface area contributed by atoms with E-state index in [1.54, 1.807) is 12.4 Å². The average Bonchev–Trinajstić information content (AvgIpc) is 2.71. The highest BCUT2D eigenvalue weighted by atomic mass is 32.1. The molecule has 0 amide bonds. The Bertz CT molecular complexity index is 360. The van der Waals surface area contributed by atoms with Crippen LogP contribution in [0.5, 0.6) is 0 Å². The van der Waals surface area contributed by atoms with E-state index in [0.29, 0.717) is 0 Å². The summed E-state index contributed by atoms with van der Waals surface area (Å²) in [5.74, 6) is 0. The third kappa shape index (κ3) is 1.74. The van der Waals surface area contributed by atoms with Gasteiger partial charge in [0.1, 0.15) is 12.4 Å². The molecule has 3 nitrogen and oxygen atoms in total. The molecule has 66 valence electrons. The molecular weight excluding hydrogens is 184 g/mol. The molecule has 2 aromatic rings. The molecule has 0 fully saturated rings. The van der Waals surface area contributed by atoms with E-state index in [1.807, 2.05) is 17.5 Å². The van der Waals surface area contributed by atoms with E-state index in [9.17, 15) is 5.11 Å². The van der Waals surface area contributed by atoms with Gasteiger partial charge in [0.15, 0.2) is 0 Å². The molecule has 0 aliphatic heterocycles. The van der Waals surface area contributed by atoms with Gasteiger partial charge in [-0.15, -0.1) is 11.3 Å². The number of aliphatic hydroxyl groups is 1. The summed E-state index contributed by atoms with van der Waals surface area (Å²) in [7, 11) is 0. The van der Waals surface area contributed by atoms with Crippen molar-refractivity contribution in [3.8, 4) is 0 Å². The van der Waals surface area contributed by atoms with Gasteiger partial charge in [-0.2, -0.15) is 0 Å². The molecule has 0 radical (unpaired) electrons. The Morgan fingerprint density at radius 2 is 2.08 bits per heavy atom. The van der Waals surface area contributed by atoms with Gasteiger partial charge in [0.05, 0.1) is 0 Å². The maximum Gasteiger partial charge on any atom is 0.116 e. The van der Waals surface area contributed by atoms with E-state index in [0.717, 1.165) is 10.4 Å². The first-order chi connectivity index (χ1) is 6.38. The van der Waals surface area contributed by atoms with Gasteiger partial charge >= 0.3 is 0 Å². The van der Waals surface area contributed by atoms with Gasteiger partial charge in [-0.1, -0.05) is 6.07 Å². The van der Waals surface area contributed by atoms with Crippen LogP contribution in [0, 0.1) is 0 Å². The van der Waals surface area contributed by atoms with Gasteiger partial charge in [-0.25, -0.2) is 9.97 Å². The minimum Gasteiger partial charge on any atom is -0.383 e. The standard InChI is InChI=1S/C9H8N2OS/c12-9(8-2-1-3-13-8)7-4-10-6-11-5-7/h1-6,9,12H. The summed E-state index contributed by atoms with van der Waals surface area (Å²) in [4.78, 5) is 8.61. The van der Waals surface area contributed by atoms with Gasteiger partial charge in [0.25, 0.3) is 0 Å². The molecule has 0 spiro atoms. The van der Waals surface area contributed by atoms with Gasteiger partial charge in [0.2, 0.25) is 0 Å². The number of hydrogen-bond donors (Lipinski definition) is 1. The van der Waals surface area contributed by atoms with Gasteiger partial charge in [-0.3, -0.25) is 0 Å². The van der Waals surface area contributed by atoms with Crippen molar-refractivity contribution in [2.75, 3.05) is 0 Å². The third-order valence-electron chi connectivity index (χ3n) is 1.71. The highest BCUT2D eigenvalue weighted by molar-refractivity contribution is 7.10. The molecule has 1 unspecified atom stereocenters. The number of thiophene rings is 1. The lowest BCUT2D eigenvalue weighted by atomic mass is 10.2. The summed E-state index contributed by atoms with van der Waals surface area (Å²) in [6.45, 7) is 0. The third-order valence-corrected chi connectivity index (χ3v) is 2.63. The van der Waals surface area contributed by atoms with Crippen molar-refractivity contribution in [3.05, 3.63) is 46.7 Å². The van der Waals surface area contributed by atoms with Crippen LogP contribution < -0.4 is 0 Å². The number of aliphatic hydroxyl groups excluding tert-OH is 1. The van der Waals surface area contributed by atoms with Crippen LogP contribution in [0.4, 0.5) is 0 Å². The lowest BCUT2D eigenvalue weighted by Gasteiger charge is -2.06. The quantitative estimate of drug-likeness (QED) is 0.786. The Balaban J connectivity index is 2.29. The van der Waals surface area contributed by atoms with Crippen molar-refractivity contribution in [3.63, 3.8) is 0 Å². The zero-order valence-corrected chi connectivity index (χ0v) is 7.61. The summed E-state index contributed by atoms with van der Waals surface area (Å²) in [6.07, 6.45) is 4.10. The van der Waals surface area contributed by atoms with Crippen molar-refractivity contribution in [1.29, 1.82) is 0 Å². The minimum absolute atomic E-state index is 0.596. The Kier molecular flexibility index (Phi) is 2.33. The molecule has 13 heavy (non-hydrogen) atoms. The van der Waals surface area contributed by atoms with Crippen molar-refractivity contribution in [2.45, 2.75) is 6.10 Å². The minimum atomic E-state index is -0.596. The zero-order chi connectivity index (χ0) is 9.10. The molecule has 0 aliphatic carbocycles. The van der Waals surface area contributed by atoms with E-state index >= 15 is 0 Å². The summed E-state index contributed by atoms with van der Waals surface area (Å²) < 4.78 is 0. The van der Waals surface area contributed by atoms with Crippen LogP contribution in [0.2, 0.25) is 0 Å². The van der Waals surface area contributed by atoms with Crippen LogP contribution in [-0.4, -0.2) is 15.1 Å². The molecule has 1 atom stereocenters. The van der Waals surface area contributed by atoms with E-state index in [-0.39, 0.29) is 0 Å². The Morgan fingerprint density at radius 3 is 2.69 bits per heavy atom. The van der Waals surface area contributed by atoms with E-state index in [4.69, 9.17) is 0 Å². The van der Waals surface area contributed by atoms with Crippen molar-refractivity contribution >= 4 is 11.3 Å². The highest BCUT2D eigenvalue weighted by Crippen LogP contribution is 2.24. The predicted molar refractivity (Wildman–Crippen MR) is 50.4 cm³/mol. The zero-order valence-electron chi connectivity index (χ0n) is 6.79. The fraction of sp³-hybridized carbons (Fsp3) is 0.111. The SMILES string of the molecule is OC(c1cncnc1)c1cccs1. The van der Waals surface area contributed by atoms with E-state index in [2.05, 4.69) is 9.97 Å². The predicted octanol–water partition coefficient (Wildman–Crippen LogP) is 1.62. The molecule has 0 aliphatic rings. The lowest BCUT2D eigenvalue weighted by molar-refractivity contribution is 0.223. The maximum absolute atomic E-state index is 9.81. The molecular formula is C9H8N2OS. The molecule has 0 saturated carbocycles. The number of nitrogens with zero attached hydrogens (tertiary/aromatic N) is 2. The normalized spacial score (nSPS) is 12.7. The fourth-order valence-electron chi connectivity index (χ4n) is 1.06. The number of rotatable bonds is 2. The van der Waals surface area contributed by atoms with E-state index < -0.39 is 6.10 Å². The van der Waals surface area contributed by atoms with Crippen LogP contribution >= 0.6 is 11.3 Å². The topological polar surface area (TPSA) is 46.0 Å². The molecule has 2 rings (SSSR count). The Morgan fingerprint density at radius 1 is 1.31 bits per heavy atom. The molecule has 0 aromatic carbocycles. The summed E-state index contributed by atoms with van der Waals surface area (Å²) in [5, 5.41) is 11.7. The van der Waals surface area contributed by atoms with Crippen molar-refractivity contribution in [1.82, 2.24) is 9.97 Å². The second-order valence-corrected chi connectivity index (χ2v) is 3.57. The molecule has 4 heteroatoms. The lowest BCUT2D eigenvalue weighted by Crippen LogP contribution is -1.97. The maximum atomic E-state index is 9.81. The largest absolute Gasteiger partial charge is 0.383 e. The van der Waals surface area contributed by atoms with Crippen molar-refractivity contribution < 1.29 is 5.11 Å². The molecule has 2 aromatic heterocycles. The first-order valence-corrected chi connectivity index (χ1v) is 4.72. The molecule has 0 saturated heterocycles. The smallest absolute Gasteiger partial charge is 0.116 e. The fourth-order valence-corrected chi connectivity index (χ4v) is 1.80. The second kappa shape index (κ2) is 3.64. The second-order valence-electron chi connectivity index (χ2n) is 2.59. The number of aromatic nitrogens is 2. The Hall–Kier alpha value is -1.26. The average molecular weight is 192 g/mol. The van der Waals surface area contributed by atoms with Gasteiger partial charge in [-0.05, 0) is 11.4 Å². The first-order valence-electron chi connectivity index (χ1n) is 3.84. The van der Waals surface area contributed by atoms with Crippen LogP contribution in [0.25, 0.3) is 0 Å². The number of hydrogen-bond acceptors (Lipinski definition) is 4. The van der Waals surface area contributed by atoms with Gasteiger partial charge in [0, 0.05) is 22.8 Å². The van der Waals surface area contributed by atoms with Crippen molar-refractivity contribution in [2.24, 2.45) is 0 Å². The summed E-state index contributed by atoms with van der Waals surface area (Å²) >= 11 is 1.52. The monoisotopic (exact) mass is 192 g/mol. The molecule has 1 N–H and O–H groups in total. The van der Waals surface area contributed by atoms with E-state index in [1.165, 1.54) is 17.7 Å². The highest BCUT2D eigenvalue weighted by Gasteiger charge is 2.10. The van der Waals surface area contributed by atoms with Gasteiger partial charge < -0.3 is 5.11 Å². The summed E-state index contributed by atoms with van der Waals surface area (Å²) in [6, 6.07) is 3.80. The Labute approximate surface area is 79.7 Å². The molecule has 0 bridgehead atoms. The summed E-state index contributed by atoms with van der Waals surface area (Å²) in [5.41, 5.74) is 0.727. The van der Waals surface area contributed by atoms with Crippen LogP contribution in [0.3, 0.4) is 0 Å². The van der Waals surface area contributed by atoms with Crippen LogP contribution in [-0.2, 0) is 0 Å². The first kappa shape index (κ1) is 8.34. The molecule has 2 heterocycles. The van der Waals surface area contributed by atoms with Crippen LogP contribution in [0.15, 0.2) is 36.2 Å². The van der Waals surface area contributed by atoms with Crippen LogP contribution in [0.1, 0.15) is 16.5 Å².